The van der Waals surface area contributed by atoms with E-state index in [2.05, 4.69) is 190 Å². The van der Waals surface area contributed by atoms with Gasteiger partial charge in [0.25, 0.3) is 0 Å². The quantitative estimate of drug-likeness (QED) is 0.127. The van der Waals surface area contributed by atoms with Gasteiger partial charge in [-0.05, 0) is 62.2 Å². The molecule has 0 bridgehead atoms. The van der Waals surface area contributed by atoms with E-state index in [-0.39, 0.29) is 0 Å². The Hall–Kier alpha value is -7.34. The minimum Gasteiger partial charge on any atom is -0.308 e. The van der Waals surface area contributed by atoms with E-state index in [1.54, 1.807) is 0 Å². The van der Waals surface area contributed by atoms with Crippen LogP contribution in [0.4, 0.5) is 0 Å². The molecular weight excluding hydrogens is 653 g/mol. The molecule has 0 unspecified atom stereocenters. The second-order valence-corrected chi connectivity index (χ2v) is 14.7. The van der Waals surface area contributed by atoms with Crippen LogP contribution in [0.3, 0.4) is 0 Å². The minimum atomic E-state index is 1.02. The fourth-order valence-electron chi connectivity index (χ4n) is 9.82. The molecule has 3 aromatic heterocycles. The standard InChI is InChI=1S/C52H28N2/c1-2-15-36-34(13-1)35-14-3-4-16-37(35)47-30-32(23-24-38(36)47)31-11-9-12-33(29-31)53-48-21-7-5-18-40(48)43-25-26-46-45(50(43)53)28-27-44-42-20-10-19-41-39-17-6-8-22-49(39)54(51(41)42)52(44)46/h1-8,10,12-30H. The van der Waals surface area contributed by atoms with Gasteiger partial charge in [-0.15, -0.1) is 0 Å². The average molecular weight is 681 g/mol. The van der Waals surface area contributed by atoms with Crippen molar-refractivity contribution < 1.29 is 0 Å². The summed E-state index contributed by atoms with van der Waals surface area (Å²) in [6.07, 6.45) is 4.38. The van der Waals surface area contributed by atoms with Crippen LogP contribution >= 0.6 is 0 Å². The maximum Gasteiger partial charge on any atom is 0.0620 e. The first kappa shape index (κ1) is 28.3. The highest BCUT2D eigenvalue weighted by Crippen LogP contribution is 2.45. The van der Waals surface area contributed by atoms with Crippen LogP contribution in [0.15, 0.2) is 181 Å². The molecule has 0 N–H and O–H groups in total. The summed E-state index contributed by atoms with van der Waals surface area (Å²) >= 11 is 0. The van der Waals surface area contributed by atoms with E-state index in [1.165, 1.54) is 103 Å². The fraction of sp³-hybridized carbons (Fsp3) is 0. The number of hydrogen-bond acceptors (Lipinski definition) is 0. The molecule has 3 heterocycles. The molecule has 0 saturated carbocycles. The molecule has 0 atom stereocenters. The number of hydrogen-bond donors (Lipinski definition) is 0. The first-order chi connectivity index (χ1) is 26.8. The van der Waals surface area contributed by atoms with E-state index in [0.29, 0.717) is 0 Å². The highest BCUT2D eigenvalue weighted by atomic mass is 15.0. The number of aromatic nitrogens is 2. The predicted molar refractivity (Wildman–Crippen MR) is 230 cm³/mol. The lowest BCUT2D eigenvalue weighted by molar-refractivity contribution is 1.24. The van der Waals surface area contributed by atoms with E-state index in [9.17, 15) is 0 Å². The van der Waals surface area contributed by atoms with Crippen LogP contribution < -0.4 is 0 Å². The largest absolute Gasteiger partial charge is 0.308 e. The average Bonchev–Trinajstić information content (AvgIpc) is 3.89. The van der Waals surface area contributed by atoms with Crippen molar-refractivity contribution in [2.75, 3.05) is 0 Å². The zero-order valence-electron chi connectivity index (χ0n) is 29.1. The van der Waals surface area contributed by atoms with Gasteiger partial charge in [-0.2, -0.15) is 0 Å². The van der Waals surface area contributed by atoms with Crippen molar-refractivity contribution in [1.82, 2.24) is 8.97 Å². The maximum absolute atomic E-state index is 3.50. The monoisotopic (exact) mass is 680 g/mol. The molecule has 13 rings (SSSR count). The van der Waals surface area contributed by atoms with E-state index < -0.39 is 0 Å². The molecule has 0 saturated heterocycles. The molecule has 1 aliphatic carbocycles. The third-order valence-electron chi connectivity index (χ3n) is 12.0. The van der Waals surface area contributed by atoms with Gasteiger partial charge in [-0.1, -0.05) is 151 Å². The summed E-state index contributed by atoms with van der Waals surface area (Å²) in [5.41, 5.74) is 16.4. The number of allylic oxidation sites excluding steroid dienone is 4. The number of rotatable bonds is 2. The van der Waals surface area contributed by atoms with E-state index in [1.807, 2.05) is 0 Å². The van der Waals surface area contributed by atoms with Gasteiger partial charge in [0.2, 0.25) is 0 Å². The molecule has 12 aromatic rings. The van der Waals surface area contributed by atoms with Gasteiger partial charge < -0.3 is 8.97 Å². The van der Waals surface area contributed by atoms with Gasteiger partial charge in [0, 0.05) is 54.7 Å². The molecule has 54 heavy (non-hydrogen) atoms. The van der Waals surface area contributed by atoms with Gasteiger partial charge in [0.15, 0.2) is 0 Å². The molecule has 246 valence electrons. The normalized spacial score (nSPS) is 13.4. The zero-order valence-corrected chi connectivity index (χ0v) is 29.1. The summed E-state index contributed by atoms with van der Waals surface area (Å²) < 4.78 is 4.95. The fourth-order valence-corrected chi connectivity index (χ4v) is 9.82. The Morgan fingerprint density at radius 2 is 0.796 bits per heavy atom. The predicted octanol–water partition coefficient (Wildman–Crippen LogP) is 13.8. The molecular formula is C52H28N2. The Morgan fingerprint density at radius 1 is 0.352 bits per heavy atom. The lowest BCUT2D eigenvalue weighted by Gasteiger charge is -2.14. The van der Waals surface area contributed by atoms with Gasteiger partial charge in [0.05, 0.1) is 33.3 Å². The molecule has 0 fully saturated rings. The molecule has 0 amide bonds. The Bertz CT molecular complexity index is 3760. The number of nitrogens with zero attached hydrogens (tertiary/aromatic N) is 2. The van der Waals surface area contributed by atoms with Crippen molar-refractivity contribution in [2.24, 2.45) is 0 Å². The molecule has 0 spiro atoms. The van der Waals surface area contributed by atoms with Crippen molar-refractivity contribution in [3.63, 3.8) is 0 Å². The van der Waals surface area contributed by atoms with Crippen molar-refractivity contribution >= 4 is 114 Å². The number of fused-ring (bicyclic) bond motifs is 18. The van der Waals surface area contributed by atoms with E-state index in [0.717, 1.165) is 16.8 Å². The van der Waals surface area contributed by atoms with Crippen LogP contribution in [0.5, 0.6) is 0 Å². The third kappa shape index (κ3) is 3.51. The molecule has 1 aliphatic rings. The summed E-state index contributed by atoms with van der Waals surface area (Å²) in [7, 11) is 0. The number of benzene rings is 9. The second-order valence-electron chi connectivity index (χ2n) is 14.7. The molecule has 0 aliphatic heterocycles. The first-order valence-corrected chi connectivity index (χ1v) is 18.6. The Labute approximate surface area is 309 Å². The van der Waals surface area contributed by atoms with Crippen LogP contribution in [0, 0.1) is 0 Å². The van der Waals surface area contributed by atoms with Crippen molar-refractivity contribution in [2.45, 2.75) is 0 Å². The zero-order chi connectivity index (χ0) is 35.1. The minimum absolute atomic E-state index is 1.02. The maximum atomic E-state index is 3.50. The second kappa shape index (κ2) is 10.2. The van der Waals surface area contributed by atoms with Crippen molar-refractivity contribution in [3.8, 4) is 0 Å². The van der Waals surface area contributed by atoms with Crippen LogP contribution in [-0.2, 0) is 0 Å². The summed E-state index contributed by atoms with van der Waals surface area (Å²) in [5, 5.41) is 17.8. The summed E-state index contributed by atoms with van der Waals surface area (Å²) in [5.74, 6) is 0. The van der Waals surface area contributed by atoms with Gasteiger partial charge in [0.1, 0.15) is 0 Å². The highest BCUT2D eigenvalue weighted by molar-refractivity contribution is 6.31. The lowest BCUT2D eigenvalue weighted by Crippen LogP contribution is -1.97. The topological polar surface area (TPSA) is 9.34 Å². The van der Waals surface area contributed by atoms with Gasteiger partial charge in [-0.25, -0.2) is 0 Å². The SMILES string of the molecule is C1=C=C(c2ccc3c4ccccc4c4ccccc4c3c2)C=C(n2c3ccccc3c3ccc4c(ccc5c6cccc7c8ccccc8n(c45)c76)c32)C=1. The molecule has 9 aromatic carbocycles. The van der Waals surface area contributed by atoms with Crippen LogP contribution in [0.2, 0.25) is 0 Å². The smallest absolute Gasteiger partial charge is 0.0620 e. The summed E-state index contributed by atoms with van der Waals surface area (Å²) in [4.78, 5) is 0. The van der Waals surface area contributed by atoms with Crippen LogP contribution in [0.25, 0.3) is 114 Å². The Balaban J connectivity index is 1.08. The molecule has 2 heteroatoms. The molecule has 0 radical (unpaired) electrons. The van der Waals surface area contributed by atoms with Crippen LogP contribution in [0.1, 0.15) is 5.56 Å². The molecule has 2 nitrogen and oxygen atoms in total. The highest BCUT2D eigenvalue weighted by Gasteiger charge is 2.22. The number of para-hydroxylation sites is 3. The summed E-state index contributed by atoms with van der Waals surface area (Å²) in [6, 6.07) is 58.2. The van der Waals surface area contributed by atoms with E-state index >= 15 is 0 Å². The van der Waals surface area contributed by atoms with Gasteiger partial charge >= 0.3 is 0 Å². The van der Waals surface area contributed by atoms with Crippen molar-refractivity contribution in [3.05, 3.63) is 187 Å². The first-order valence-electron chi connectivity index (χ1n) is 18.6. The van der Waals surface area contributed by atoms with Gasteiger partial charge in [-0.3, -0.25) is 0 Å². The Morgan fingerprint density at radius 3 is 1.46 bits per heavy atom. The summed E-state index contributed by atoms with van der Waals surface area (Å²) in [6.45, 7) is 0. The van der Waals surface area contributed by atoms with Crippen LogP contribution in [-0.4, -0.2) is 8.97 Å². The van der Waals surface area contributed by atoms with Crippen molar-refractivity contribution in [1.29, 1.82) is 0 Å². The lowest BCUT2D eigenvalue weighted by atomic mass is 9.92. The van der Waals surface area contributed by atoms with E-state index in [4.69, 9.17) is 0 Å². The Kier molecular flexibility index (Phi) is 5.32. The third-order valence-corrected chi connectivity index (χ3v) is 12.0.